The Balaban J connectivity index is 3.39. The number of aryl methyl sites for hydroxylation is 1. The molecule has 0 spiro atoms. The maximum Gasteiger partial charge on any atom is 0.242 e. The highest BCUT2D eigenvalue weighted by molar-refractivity contribution is 7.89. The average molecular weight is 214 g/mol. The van der Waals surface area contributed by atoms with Crippen LogP contribution in [0.15, 0.2) is 23.1 Å². The number of benzene rings is 1. The van der Waals surface area contributed by atoms with Crippen molar-refractivity contribution in [1.82, 2.24) is 4.72 Å². The summed E-state index contributed by atoms with van der Waals surface area (Å²) in [6.45, 7) is 1.86. The topological polar surface area (TPSA) is 58.2 Å². The highest BCUT2D eigenvalue weighted by Gasteiger charge is 2.15. The van der Waals surface area contributed by atoms with Crippen LogP contribution in [-0.2, 0) is 10.0 Å². The van der Waals surface area contributed by atoms with Crippen molar-refractivity contribution in [3.8, 4) is 0 Å². The highest BCUT2D eigenvalue weighted by atomic mass is 32.2. The van der Waals surface area contributed by atoms with Gasteiger partial charge in [-0.1, -0.05) is 6.07 Å². The molecule has 5 heteroatoms. The molecule has 4 nitrogen and oxygen atoms in total. The molecule has 78 valence electrons. The van der Waals surface area contributed by atoms with E-state index in [9.17, 15) is 8.42 Å². The molecule has 0 aromatic heterocycles. The summed E-state index contributed by atoms with van der Waals surface area (Å²) in [7, 11) is -0.282. The van der Waals surface area contributed by atoms with E-state index in [1.54, 1.807) is 19.2 Å². The Morgan fingerprint density at radius 2 is 1.86 bits per heavy atom. The number of nitrogens with one attached hydrogen (secondary N) is 2. The van der Waals surface area contributed by atoms with Gasteiger partial charge in [-0.25, -0.2) is 13.1 Å². The molecule has 0 aliphatic carbocycles. The van der Waals surface area contributed by atoms with Gasteiger partial charge in [0.2, 0.25) is 10.0 Å². The molecule has 0 atom stereocenters. The Kier molecular flexibility index (Phi) is 3.13. The zero-order valence-electron chi connectivity index (χ0n) is 8.46. The lowest BCUT2D eigenvalue weighted by Crippen LogP contribution is -2.19. The van der Waals surface area contributed by atoms with Crippen molar-refractivity contribution in [1.29, 1.82) is 0 Å². The van der Waals surface area contributed by atoms with Crippen LogP contribution in [0.5, 0.6) is 0 Å². The second kappa shape index (κ2) is 3.98. The fourth-order valence-corrected chi connectivity index (χ4v) is 2.19. The first-order valence-corrected chi connectivity index (χ1v) is 5.71. The van der Waals surface area contributed by atoms with E-state index in [1.165, 1.54) is 7.05 Å². The first kappa shape index (κ1) is 11.0. The lowest BCUT2D eigenvalue weighted by atomic mass is 10.2. The van der Waals surface area contributed by atoms with Crippen LogP contribution in [0.2, 0.25) is 0 Å². The fraction of sp³-hybridized carbons (Fsp3) is 0.333. The van der Waals surface area contributed by atoms with Crippen LogP contribution >= 0.6 is 0 Å². The van der Waals surface area contributed by atoms with Gasteiger partial charge in [0, 0.05) is 7.05 Å². The van der Waals surface area contributed by atoms with E-state index in [4.69, 9.17) is 0 Å². The van der Waals surface area contributed by atoms with Gasteiger partial charge in [0.05, 0.1) is 5.69 Å². The summed E-state index contributed by atoms with van der Waals surface area (Å²) >= 11 is 0. The average Bonchev–Trinajstić information content (AvgIpc) is 2.18. The van der Waals surface area contributed by atoms with E-state index >= 15 is 0 Å². The molecule has 0 aliphatic heterocycles. The van der Waals surface area contributed by atoms with Gasteiger partial charge in [-0.15, -0.1) is 0 Å². The Bertz CT molecular complexity index is 426. The number of hydrogen-bond acceptors (Lipinski definition) is 3. The predicted molar refractivity (Wildman–Crippen MR) is 57.0 cm³/mol. The molecule has 0 unspecified atom stereocenters. The lowest BCUT2D eigenvalue weighted by Gasteiger charge is -2.09. The second-order valence-electron chi connectivity index (χ2n) is 2.96. The molecule has 0 saturated carbocycles. The number of anilines is 1. The molecular weight excluding hydrogens is 200 g/mol. The normalized spacial score (nSPS) is 11.4. The summed E-state index contributed by atoms with van der Waals surface area (Å²) in [5.41, 5.74) is 1.52. The molecule has 0 amide bonds. The van der Waals surface area contributed by atoms with Crippen LogP contribution in [0.4, 0.5) is 5.69 Å². The van der Waals surface area contributed by atoms with Crippen LogP contribution in [0, 0.1) is 6.92 Å². The monoisotopic (exact) mass is 214 g/mol. The van der Waals surface area contributed by atoms with E-state index in [0.29, 0.717) is 5.69 Å². The Morgan fingerprint density at radius 1 is 1.21 bits per heavy atom. The molecule has 0 saturated heterocycles. The van der Waals surface area contributed by atoms with Gasteiger partial charge in [-0.05, 0) is 31.7 Å². The largest absolute Gasteiger partial charge is 0.387 e. The summed E-state index contributed by atoms with van der Waals surface area (Å²) in [6, 6.07) is 5.25. The molecule has 2 N–H and O–H groups in total. The molecule has 1 aromatic rings. The van der Waals surface area contributed by atoms with E-state index in [1.807, 2.05) is 13.0 Å². The van der Waals surface area contributed by atoms with Gasteiger partial charge in [-0.2, -0.15) is 0 Å². The molecule has 1 rings (SSSR count). The van der Waals surface area contributed by atoms with Crippen LogP contribution in [0.1, 0.15) is 5.56 Å². The number of hydrogen-bond donors (Lipinski definition) is 2. The number of rotatable bonds is 3. The summed E-state index contributed by atoms with van der Waals surface area (Å²) < 4.78 is 25.5. The maximum atomic E-state index is 11.6. The Hall–Kier alpha value is -1.07. The molecule has 0 fully saturated rings. The summed E-state index contributed by atoms with van der Waals surface area (Å²) in [4.78, 5) is 0.280. The van der Waals surface area contributed by atoms with Gasteiger partial charge in [0.1, 0.15) is 4.90 Å². The van der Waals surface area contributed by atoms with Crippen molar-refractivity contribution in [2.75, 3.05) is 19.4 Å². The minimum absolute atomic E-state index is 0.280. The first-order chi connectivity index (χ1) is 6.51. The van der Waals surface area contributed by atoms with Gasteiger partial charge in [0.15, 0.2) is 0 Å². The van der Waals surface area contributed by atoms with Crippen LogP contribution in [-0.4, -0.2) is 22.5 Å². The zero-order valence-corrected chi connectivity index (χ0v) is 9.27. The molecule has 0 aliphatic rings. The quantitative estimate of drug-likeness (QED) is 0.787. The number of sulfonamides is 1. The molecule has 0 heterocycles. The minimum Gasteiger partial charge on any atom is -0.387 e. The third-order valence-corrected chi connectivity index (χ3v) is 3.42. The minimum atomic E-state index is -3.38. The fourth-order valence-electron chi connectivity index (χ4n) is 1.17. The van der Waals surface area contributed by atoms with E-state index in [-0.39, 0.29) is 4.90 Å². The van der Waals surface area contributed by atoms with Gasteiger partial charge >= 0.3 is 0 Å². The van der Waals surface area contributed by atoms with Gasteiger partial charge in [0.25, 0.3) is 0 Å². The summed E-state index contributed by atoms with van der Waals surface area (Å²) in [5, 5.41) is 2.84. The van der Waals surface area contributed by atoms with Crippen molar-refractivity contribution in [3.05, 3.63) is 23.8 Å². The predicted octanol–water partition coefficient (Wildman–Crippen LogP) is 0.945. The molecule has 0 radical (unpaired) electrons. The Morgan fingerprint density at radius 3 is 2.36 bits per heavy atom. The van der Waals surface area contributed by atoms with Crippen LogP contribution < -0.4 is 10.0 Å². The standard InChI is InChI=1S/C9H14N2O2S/c1-7-4-5-8(10-2)9(6-7)14(12,13)11-3/h4-6,10-11H,1-3H3. The van der Waals surface area contributed by atoms with Crippen molar-refractivity contribution in [3.63, 3.8) is 0 Å². The molecule has 1 aromatic carbocycles. The summed E-state index contributed by atoms with van der Waals surface area (Å²) in [5.74, 6) is 0. The second-order valence-corrected chi connectivity index (χ2v) is 4.81. The van der Waals surface area contributed by atoms with Crippen LogP contribution in [0.25, 0.3) is 0 Å². The SMILES string of the molecule is CNc1ccc(C)cc1S(=O)(=O)NC. The van der Waals surface area contributed by atoms with Crippen molar-refractivity contribution < 1.29 is 8.42 Å². The van der Waals surface area contributed by atoms with E-state index in [0.717, 1.165) is 5.56 Å². The Labute approximate surface area is 84.4 Å². The smallest absolute Gasteiger partial charge is 0.242 e. The van der Waals surface area contributed by atoms with Crippen molar-refractivity contribution in [2.24, 2.45) is 0 Å². The zero-order chi connectivity index (χ0) is 10.8. The summed E-state index contributed by atoms with van der Waals surface area (Å²) in [6.07, 6.45) is 0. The van der Waals surface area contributed by atoms with Crippen molar-refractivity contribution in [2.45, 2.75) is 11.8 Å². The first-order valence-electron chi connectivity index (χ1n) is 4.23. The van der Waals surface area contributed by atoms with Crippen LogP contribution in [0.3, 0.4) is 0 Å². The molecular formula is C9H14N2O2S. The third-order valence-electron chi connectivity index (χ3n) is 1.96. The van der Waals surface area contributed by atoms with Crippen molar-refractivity contribution >= 4 is 15.7 Å². The lowest BCUT2D eigenvalue weighted by molar-refractivity contribution is 0.588. The maximum absolute atomic E-state index is 11.6. The highest BCUT2D eigenvalue weighted by Crippen LogP contribution is 2.21. The third kappa shape index (κ3) is 2.05. The van der Waals surface area contributed by atoms with Gasteiger partial charge < -0.3 is 5.32 Å². The molecule has 14 heavy (non-hydrogen) atoms. The van der Waals surface area contributed by atoms with Gasteiger partial charge in [-0.3, -0.25) is 0 Å². The van der Waals surface area contributed by atoms with E-state index in [2.05, 4.69) is 10.0 Å². The van der Waals surface area contributed by atoms with E-state index < -0.39 is 10.0 Å². The molecule has 0 bridgehead atoms.